The molecule has 0 unspecified atom stereocenters. The molecule has 1 heterocycles. The molecule has 0 saturated heterocycles. The van der Waals surface area contributed by atoms with E-state index in [9.17, 15) is 4.79 Å². The first-order valence-corrected chi connectivity index (χ1v) is 6.82. The maximum atomic E-state index is 11.8. The van der Waals surface area contributed by atoms with Crippen LogP contribution in [0.25, 0.3) is 10.2 Å². The van der Waals surface area contributed by atoms with Crippen LogP contribution >= 0.6 is 11.3 Å². The number of ether oxygens (including phenoxy) is 2. The number of thiazole rings is 1. The van der Waals surface area contributed by atoms with Gasteiger partial charge in [0.15, 0.2) is 5.13 Å². The number of carbonyl (C=O) groups excluding carboxylic acids is 1. The Labute approximate surface area is 115 Å². The smallest absolute Gasteiger partial charge is 0.338 e. The Kier molecular flexibility index (Phi) is 4.34. The molecule has 0 atom stereocenters. The molecule has 1 aromatic heterocycles. The van der Waals surface area contributed by atoms with Crippen molar-refractivity contribution in [1.29, 1.82) is 0 Å². The van der Waals surface area contributed by atoms with Gasteiger partial charge in [0.05, 0.1) is 28.5 Å². The summed E-state index contributed by atoms with van der Waals surface area (Å²) in [7, 11) is 0. The number of nitrogen functional groups attached to an aromatic ring is 1. The molecule has 0 aliphatic rings. The van der Waals surface area contributed by atoms with Gasteiger partial charge in [-0.05, 0) is 32.0 Å². The number of rotatable bonds is 5. The SMILES string of the molecule is CC(C)OCCOC(=O)c1ccc2nc(N)sc2c1. The molecule has 1 aromatic carbocycles. The lowest BCUT2D eigenvalue weighted by Gasteiger charge is -2.08. The van der Waals surface area contributed by atoms with E-state index in [4.69, 9.17) is 15.2 Å². The Morgan fingerprint density at radius 2 is 2.21 bits per heavy atom. The van der Waals surface area contributed by atoms with Crippen LogP contribution in [0.15, 0.2) is 18.2 Å². The van der Waals surface area contributed by atoms with Gasteiger partial charge in [0, 0.05) is 0 Å². The second-order valence-corrected chi connectivity index (χ2v) is 5.35. The Bertz CT molecular complexity index is 580. The van der Waals surface area contributed by atoms with E-state index in [1.54, 1.807) is 18.2 Å². The highest BCUT2D eigenvalue weighted by Gasteiger charge is 2.10. The first-order chi connectivity index (χ1) is 9.06. The molecule has 0 radical (unpaired) electrons. The number of carbonyl (C=O) groups is 1. The Hall–Kier alpha value is -1.66. The standard InChI is InChI=1S/C13H16N2O3S/c1-8(2)17-5-6-18-12(16)9-3-4-10-11(7-9)19-13(14)15-10/h3-4,7-8H,5-6H2,1-2H3,(H2,14,15). The zero-order chi connectivity index (χ0) is 13.8. The molecule has 19 heavy (non-hydrogen) atoms. The van der Waals surface area contributed by atoms with Crippen molar-refractivity contribution < 1.29 is 14.3 Å². The third kappa shape index (κ3) is 3.65. The Morgan fingerprint density at radius 3 is 2.95 bits per heavy atom. The van der Waals surface area contributed by atoms with Gasteiger partial charge in [-0.25, -0.2) is 9.78 Å². The van der Waals surface area contributed by atoms with Crippen molar-refractivity contribution >= 4 is 32.7 Å². The summed E-state index contributed by atoms with van der Waals surface area (Å²) in [5, 5.41) is 0.492. The van der Waals surface area contributed by atoms with Crippen LogP contribution in [0.5, 0.6) is 0 Å². The maximum absolute atomic E-state index is 11.8. The summed E-state index contributed by atoms with van der Waals surface area (Å²) in [4.78, 5) is 15.9. The topological polar surface area (TPSA) is 74.4 Å². The van der Waals surface area contributed by atoms with Gasteiger partial charge in [0.25, 0.3) is 0 Å². The molecule has 5 nitrogen and oxygen atoms in total. The van der Waals surface area contributed by atoms with Gasteiger partial charge in [-0.3, -0.25) is 0 Å². The number of hydrogen-bond donors (Lipinski definition) is 1. The van der Waals surface area contributed by atoms with E-state index in [-0.39, 0.29) is 18.7 Å². The largest absolute Gasteiger partial charge is 0.460 e. The van der Waals surface area contributed by atoms with E-state index in [1.165, 1.54) is 11.3 Å². The van der Waals surface area contributed by atoms with Crippen LogP contribution in [-0.2, 0) is 9.47 Å². The fraction of sp³-hybridized carbons (Fsp3) is 0.385. The predicted molar refractivity (Wildman–Crippen MR) is 75.4 cm³/mol. The maximum Gasteiger partial charge on any atom is 0.338 e. The van der Waals surface area contributed by atoms with Gasteiger partial charge in [-0.15, -0.1) is 0 Å². The molecule has 6 heteroatoms. The molecule has 0 amide bonds. The van der Waals surface area contributed by atoms with Gasteiger partial charge < -0.3 is 15.2 Å². The van der Waals surface area contributed by atoms with E-state index in [0.717, 1.165) is 10.2 Å². The summed E-state index contributed by atoms with van der Waals surface area (Å²) in [6, 6.07) is 5.20. The van der Waals surface area contributed by atoms with Crippen molar-refractivity contribution in [3.05, 3.63) is 23.8 Å². The van der Waals surface area contributed by atoms with E-state index in [2.05, 4.69) is 4.98 Å². The number of hydrogen-bond acceptors (Lipinski definition) is 6. The first-order valence-electron chi connectivity index (χ1n) is 6.01. The Balaban J connectivity index is 1.97. The van der Waals surface area contributed by atoms with Crippen LogP contribution < -0.4 is 5.73 Å². The summed E-state index contributed by atoms with van der Waals surface area (Å²) < 4.78 is 11.3. The van der Waals surface area contributed by atoms with Gasteiger partial charge in [-0.1, -0.05) is 11.3 Å². The molecular weight excluding hydrogens is 264 g/mol. The molecule has 0 aliphatic heterocycles. The fourth-order valence-corrected chi connectivity index (χ4v) is 2.34. The number of esters is 1. The molecule has 2 aromatic rings. The van der Waals surface area contributed by atoms with Crippen molar-refractivity contribution in [2.24, 2.45) is 0 Å². The van der Waals surface area contributed by atoms with Crippen LogP contribution in [0.2, 0.25) is 0 Å². The molecule has 0 bridgehead atoms. The van der Waals surface area contributed by atoms with Gasteiger partial charge in [0.1, 0.15) is 6.61 Å². The minimum absolute atomic E-state index is 0.134. The summed E-state index contributed by atoms with van der Waals surface area (Å²) in [6.07, 6.45) is 0.134. The number of anilines is 1. The molecular formula is C13H16N2O3S. The first kappa shape index (κ1) is 13.8. The van der Waals surface area contributed by atoms with Gasteiger partial charge >= 0.3 is 5.97 Å². The highest BCUT2D eigenvalue weighted by Crippen LogP contribution is 2.24. The highest BCUT2D eigenvalue weighted by molar-refractivity contribution is 7.22. The van der Waals surface area contributed by atoms with Crippen molar-refractivity contribution in [3.63, 3.8) is 0 Å². The van der Waals surface area contributed by atoms with Crippen LogP contribution in [0.1, 0.15) is 24.2 Å². The second-order valence-electron chi connectivity index (χ2n) is 4.29. The average Bonchev–Trinajstić information content (AvgIpc) is 2.73. The molecule has 2 rings (SSSR count). The van der Waals surface area contributed by atoms with Crippen molar-refractivity contribution in [2.45, 2.75) is 20.0 Å². The molecule has 0 spiro atoms. The third-order valence-electron chi connectivity index (χ3n) is 2.41. The van der Waals surface area contributed by atoms with Crippen LogP contribution in [0, 0.1) is 0 Å². The van der Waals surface area contributed by atoms with Crippen molar-refractivity contribution in [2.75, 3.05) is 18.9 Å². The number of aromatic nitrogens is 1. The lowest BCUT2D eigenvalue weighted by atomic mass is 10.2. The third-order valence-corrected chi connectivity index (χ3v) is 3.26. The average molecular weight is 280 g/mol. The monoisotopic (exact) mass is 280 g/mol. The van der Waals surface area contributed by atoms with E-state index in [0.29, 0.717) is 17.3 Å². The number of benzene rings is 1. The molecule has 0 saturated carbocycles. The second kappa shape index (κ2) is 5.99. The normalized spacial score (nSPS) is 11.1. The molecule has 0 fully saturated rings. The summed E-state index contributed by atoms with van der Waals surface area (Å²) in [5.74, 6) is -0.360. The van der Waals surface area contributed by atoms with Gasteiger partial charge in [-0.2, -0.15) is 0 Å². The van der Waals surface area contributed by atoms with Gasteiger partial charge in [0.2, 0.25) is 0 Å². The zero-order valence-electron chi connectivity index (χ0n) is 10.9. The zero-order valence-corrected chi connectivity index (χ0v) is 11.7. The number of nitrogens with zero attached hydrogens (tertiary/aromatic N) is 1. The van der Waals surface area contributed by atoms with Crippen LogP contribution in [0.4, 0.5) is 5.13 Å². The summed E-state index contributed by atoms with van der Waals surface area (Å²) in [6.45, 7) is 4.52. The summed E-state index contributed by atoms with van der Waals surface area (Å²) in [5.41, 5.74) is 6.91. The molecule has 102 valence electrons. The molecule has 0 aliphatic carbocycles. The highest BCUT2D eigenvalue weighted by atomic mass is 32.1. The van der Waals surface area contributed by atoms with Crippen LogP contribution in [-0.4, -0.2) is 30.3 Å². The number of fused-ring (bicyclic) bond motifs is 1. The van der Waals surface area contributed by atoms with Crippen molar-refractivity contribution in [1.82, 2.24) is 4.98 Å². The van der Waals surface area contributed by atoms with E-state index >= 15 is 0 Å². The summed E-state index contributed by atoms with van der Waals surface area (Å²) >= 11 is 1.35. The molecule has 2 N–H and O–H groups in total. The lowest BCUT2D eigenvalue weighted by Crippen LogP contribution is -2.13. The van der Waals surface area contributed by atoms with E-state index < -0.39 is 0 Å². The number of nitrogens with two attached hydrogens (primary N) is 1. The van der Waals surface area contributed by atoms with Crippen LogP contribution in [0.3, 0.4) is 0 Å². The minimum atomic E-state index is -0.360. The quantitative estimate of drug-likeness (QED) is 0.672. The Morgan fingerprint density at radius 1 is 1.42 bits per heavy atom. The minimum Gasteiger partial charge on any atom is -0.460 e. The van der Waals surface area contributed by atoms with E-state index in [1.807, 2.05) is 13.8 Å². The van der Waals surface area contributed by atoms with Crippen molar-refractivity contribution in [3.8, 4) is 0 Å². The predicted octanol–water partition coefficient (Wildman–Crippen LogP) is 2.46. The fourth-order valence-electron chi connectivity index (χ4n) is 1.57. The lowest BCUT2D eigenvalue weighted by molar-refractivity contribution is 0.0177.